The maximum atomic E-state index is 13.3. The topological polar surface area (TPSA) is 51.0 Å². The van der Waals surface area contributed by atoms with E-state index in [-0.39, 0.29) is 11.9 Å². The van der Waals surface area contributed by atoms with Gasteiger partial charge in [-0.15, -0.1) is 0 Å². The first-order chi connectivity index (χ1) is 12.8. The molecule has 140 valence electrons. The Morgan fingerprint density at radius 2 is 1.85 bits per heavy atom. The minimum absolute atomic E-state index is 0.133. The van der Waals surface area contributed by atoms with Crippen molar-refractivity contribution in [2.45, 2.75) is 38.6 Å². The lowest BCUT2D eigenvalue weighted by molar-refractivity contribution is 0.0994. The van der Waals surface area contributed by atoms with Crippen molar-refractivity contribution in [2.75, 3.05) is 11.9 Å². The summed E-state index contributed by atoms with van der Waals surface area (Å²) in [6.45, 7) is 4.11. The minimum atomic E-state index is -0.133. The van der Waals surface area contributed by atoms with Gasteiger partial charge >= 0.3 is 0 Å². The van der Waals surface area contributed by atoms with Crippen molar-refractivity contribution in [3.63, 3.8) is 0 Å². The van der Waals surface area contributed by atoms with Gasteiger partial charge in [0.25, 0.3) is 5.91 Å². The Bertz CT molecular complexity index is 1020. The zero-order chi connectivity index (χ0) is 19.3. The molecule has 1 aromatic carbocycles. The highest BCUT2D eigenvalue weighted by molar-refractivity contribution is 6.35. The number of benzene rings is 1. The molecule has 0 N–H and O–H groups in total. The zero-order valence-electron chi connectivity index (χ0n) is 15.4. The maximum Gasteiger partial charge on any atom is 0.258 e. The first kappa shape index (κ1) is 18.3. The van der Waals surface area contributed by atoms with Crippen LogP contribution in [-0.2, 0) is 0 Å². The van der Waals surface area contributed by atoms with E-state index in [0.29, 0.717) is 27.2 Å². The van der Waals surface area contributed by atoms with E-state index in [1.165, 1.54) is 0 Å². The van der Waals surface area contributed by atoms with Crippen LogP contribution in [0.4, 0.5) is 5.69 Å². The number of carbonyl (C=O) groups is 1. The van der Waals surface area contributed by atoms with Crippen LogP contribution in [0.1, 0.15) is 54.7 Å². The number of amides is 1. The van der Waals surface area contributed by atoms with E-state index >= 15 is 0 Å². The summed E-state index contributed by atoms with van der Waals surface area (Å²) in [5.74, 6) is 0.299. The molecule has 0 bridgehead atoms. The summed E-state index contributed by atoms with van der Waals surface area (Å²) in [5, 5.41) is 6.20. The fraction of sp³-hybridized carbons (Fsp3) is 0.350. The molecule has 1 aliphatic rings. The summed E-state index contributed by atoms with van der Waals surface area (Å²) in [5.41, 5.74) is 2.97. The van der Waals surface area contributed by atoms with Gasteiger partial charge in [-0.25, -0.2) is 9.67 Å². The second kappa shape index (κ2) is 6.80. The van der Waals surface area contributed by atoms with E-state index < -0.39 is 0 Å². The molecule has 0 unspecified atom stereocenters. The third-order valence-electron chi connectivity index (χ3n) is 4.84. The molecule has 2 aromatic heterocycles. The van der Waals surface area contributed by atoms with E-state index in [1.54, 1.807) is 36.3 Å². The average Bonchev–Trinajstić information content (AvgIpc) is 3.37. The number of carbonyl (C=O) groups excluding carboxylic acids is 1. The van der Waals surface area contributed by atoms with Gasteiger partial charge in [-0.1, -0.05) is 23.2 Å². The van der Waals surface area contributed by atoms with Gasteiger partial charge in [0.1, 0.15) is 0 Å². The predicted octanol–water partition coefficient (Wildman–Crippen LogP) is 5.47. The fourth-order valence-electron chi connectivity index (χ4n) is 3.21. The molecule has 2 heterocycles. The van der Waals surface area contributed by atoms with E-state index in [2.05, 4.69) is 18.9 Å². The molecule has 0 atom stereocenters. The van der Waals surface area contributed by atoms with Crippen molar-refractivity contribution >= 4 is 45.8 Å². The second-order valence-electron chi connectivity index (χ2n) is 7.28. The Balaban J connectivity index is 1.83. The number of hydrogen-bond acceptors (Lipinski definition) is 3. The van der Waals surface area contributed by atoms with Crippen molar-refractivity contribution < 1.29 is 4.79 Å². The van der Waals surface area contributed by atoms with Crippen LogP contribution in [0.15, 0.2) is 30.5 Å². The third-order valence-corrected chi connectivity index (χ3v) is 5.28. The van der Waals surface area contributed by atoms with Crippen molar-refractivity contribution in [3.8, 4) is 0 Å². The molecule has 0 aliphatic heterocycles. The maximum absolute atomic E-state index is 13.3. The van der Waals surface area contributed by atoms with E-state index in [0.717, 1.165) is 29.6 Å². The van der Waals surface area contributed by atoms with Crippen LogP contribution in [-0.4, -0.2) is 27.7 Å². The summed E-state index contributed by atoms with van der Waals surface area (Å²) >= 11 is 12.2. The normalized spacial score (nSPS) is 14.1. The highest BCUT2D eigenvalue weighted by atomic mass is 35.5. The van der Waals surface area contributed by atoms with Crippen molar-refractivity contribution in [3.05, 3.63) is 51.8 Å². The van der Waals surface area contributed by atoms with Crippen LogP contribution in [0.5, 0.6) is 0 Å². The first-order valence-corrected chi connectivity index (χ1v) is 9.73. The zero-order valence-corrected chi connectivity index (χ0v) is 16.9. The Labute approximate surface area is 167 Å². The number of halogens is 2. The van der Waals surface area contributed by atoms with Gasteiger partial charge in [0.05, 0.1) is 17.1 Å². The van der Waals surface area contributed by atoms with Crippen molar-refractivity contribution in [2.24, 2.45) is 0 Å². The molecule has 1 fully saturated rings. The SMILES string of the molecule is CC(C)n1ncc2c(C(=O)N(C)c3cc(Cl)cc(Cl)c3)cc(C3CC3)nc21. The lowest BCUT2D eigenvalue weighted by Crippen LogP contribution is -2.26. The molecule has 7 heteroatoms. The lowest BCUT2D eigenvalue weighted by Gasteiger charge is -2.19. The average molecular weight is 403 g/mol. The highest BCUT2D eigenvalue weighted by Crippen LogP contribution is 2.40. The molecule has 1 aliphatic carbocycles. The number of hydrogen-bond donors (Lipinski definition) is 0. The van der Waals surface area contributed by atoms with Crippen molar-refractivity contribution in [1.82, 2.24) is 14.8 Å². The molecule has 0 saturated heterocycles. The predicted molar refractivity (Wildman–Crippen MR) is 109 cm³/mol. The lowest BCUT2D eigenvalue weighted by atomic mass is 10.1. The summed E-state index contributed by atoms with van der Waals surface area (Å²) in [7, 11) is 1.72. The molecule has 0 radical (unpaired) electrons. The first-order valence-electron chi connectivity index (χ1n) is 8.97. The van der Waals surface area contributed by atoms with Crippen LogP contribution < -0.4 is 4.90 Å². The standard InChI is InChI=1S/C20H20Cl2N4O/c1-11(2)26-19-17(10-23-26)16(9-18(24-19)12-4-5-12)20(27)25(3)15-7-13(21)6-14(22)8-15/h6-12H,4-5H2,1-3H3. The number of fused-ring (bicyclic) bond motifs is 1. The number of nitrogens with zero attached hydrogens (tertiary/aromatic N) is 4. The molecule has 3 aromatic rings. The third kappa shape index (κ3) is 3.42. The minimum Gasteiger partial charge on any atom is -0.311 e. The Morgan fingerprint density at radius 1 is 1.19 bits per heavy atom. The molecule has 27 heavy (non-hydrogen) atoms. The summed E-state index contributed by atoms with van der Waals surface area (Å²) in [6, 6.07) is 7.17. The van der Waals surface area contributed by atoms with Gasteiger partial charge in [-0.2, -0.15) is 5.10 Å². The molecular formula is C20H20Cl2N4O. The van der Waals surface area contributed by atoms with Crippen LogP contribution in [0, 0.1) is 0 Å². The van der Waals surface area contributed by atoms with E-state index in [4.69, 9.17) is 28.2 Å². The van der Waals surface area contributed by atoms with E-state index in [9.17, 15) is 4.79 Å². The molecule has 5 nitrogen and oxygen atoms in total. The Kier molecular flexibility index (Phi) is 4.60. The van der Waals surface area contributed by atoms with Gasteiger partial charge in [0, 0.05) is 40.4 Å². The quantitative estimate of drug-likeness (QED) is 0.580. The summed E-state index contributed by atoms with van der Waals surface area (Å²) < 4.78 is 1.87. The Morgan fingerprint density at radius 3 is 2.44 bits per heavy atom. The van der Waals surface area contributed by atoms with Gasteiger partial charge in [0.15, 0.2) is 5.65 Å². The van der Waals surface area contributed by atoms with Crippen molar-refractivity contribution in [1.29, 1.82) is 0 Å². The van der Waals surface area contributed by atoms with Crippen LogP contribution in [0.2, 0.25) is 10.0 Å². The monoisotopic (exact) mass is 402 g/mol. The van der Waals surface area contributed by atoms with Crippen LogP contribution >= 0.6 is 23.2 Å². The van der Waals surface area contributed by atoms with Gasteiger partial charge in [-0.3, -0.25) is 4.79 Å². The summed E-state index contributed by atoms with van der Waals surface area (Å²) in [6.07, 6.45) is 3.95. The second-order valence-corrected chi connectivity index (χ2v) is 8.15. The fourth-order valence-corrected chi connectivity index (χ4v) is 3.73. The van der Waals surface area contributed by atoms with Crippen LogP contribution in [0.3, 0.4) is 0 Å². The van der Waals surface area contributed by atoms with E-state index in [1.807, 2.05) is 10.7 Å². The van der Waals surface area contributed by atoms with Crippen LogP contribution in [0.25, 0.3) is 11.0 Å². The number of anilines is 1. The molecule has 1 amide bonds. The molecule has 0 spiro atoms. The number of aromatic nitrogens is 3. The molecule has 1 saturated carbocycles. The van der Waals surface area contributed by atoms with Gasteiger partial charge in [-0.05, 0) is 51.0 Å². The number of rotatable bonds is 4. The largest absolute Gasteiger partial charge is 0.311 e. The number of pyridine rings is 1. The smallest absolute Gasteiger partial charge is 0.258 e. The molecular weight excluding hydrogens is 383 g/mol. The molecule has 4 rings (SSSR count). The Hall–Kier alpha value is -2.11. The van der Waals surface area contributed by atoms with Gasteiger partial charge in [0.2, 0.25) is 0 Å². The summed E-state index contributed by atoms with van der Waals surface area (Å²) in [4.78, 5) is 19.7. The van der Waals surface area contributed by atoms with Gasteiger partial charge < -0.3 is 4.90 Å². The highest BCUT2D eigenvalue weighted by Gasteiger charge is 2.29.